The number of nitrogens with one attached hydrogen (secondary N) is 1. The molecule has 4 heterocycles. The Labute approximate surface area is 199 Å². The molecule has 174 valence electrons. The number of fused-ring (bicyclic) bond motifs is 7. The molecule has 4 atom stereocenters. The van der Waals surface area contributed by atoms with Gasteiger partial charge in [-0.15, -0.1) is 0 Å². The third kappa shape index (κ3) is 2.40. The summed E-state index contributed by atoms with van der Waals surface area (Å²) in [6.45, 7) is 4.47. The van der Waals surface area contributed by atoms with Gasteiger partial charge in [-0.05, 0) is 50.9 Å². The van der Waals surface area contributed by atoms with Crippen LogP contribution in [0, 0.1) is 35.8 Å². The highest BCUT2D eigenvalue weighted by atomic mass is 35.5. The number of aryl methyl sites for hydroxylation is 2. The van der Waals surface area contributed by atoms with Crippen LogP contribution in [-0.2, 0) is 19.9 Å². The zero-order chi connectivity index (χ0) is 24.1. The van der Waals surface area contributed by atoms with E-state index < -0.39 is 34.1 Å². The lowest BCUT2D eigenvalue weighted by Crippen LogP contribution is -2.54. The molecule has 3 fully saturated rings. The van der Waals surface area contributed by atoms with Crippen molar-refractivity contribution in [3.63, 3.8) is 0 Å². The molecule has 3 amide bonds. The van der Waals surface area contributed by atoms with E-state index in [9.17, 15) is 24.5 Å². The van der Waals surface area contributed by atoms with Crippen molar-refractivity contribution in [2.24, 2.45) is 11.8 Å². The van der Waals surface area contributed by atoms with Crippen molar-refractivity contribution in [1.29, 1.82) is 0 Å². The molecule has 34 heavy (non-hydrogen) atoms. The van der Waals surface area contributed by atoms with Gasteiger partial charge >= 0.3 is 0 Å². The van der Waals surface area contributed by atoms with Gasteiger partial charge in [-0.25, -0.2) is 4.90 Å². The number of anilines is 2. The molecule has 1 spiro atoms. The van der Waals surface area contributed by atoms with E-state index in [4.69, 9.17) is 11.6 Å². The lowest BCUT2D eigenvalue weighted by molar-refractivity contribution is -0.384. The van der Waals surface area contributed by atoms with Crippen LogP contribution in [0.4, 0.5) is 17.1 Å². The van der Waals surface area contributed by atoms with Gasteiger partial charge in [0.05, 0.1) is 22.4 Å². The summed E-state index contributed by atoms with van der Waals surface area (Å²) < 4.78 is 0. The molecule has 0 radical (unpaired) electrons. The molecule has 4 aliphatic rings. The number of halogens is 1. The number of nitrogens with zero attached hydrogens (tertiary/aromatic N) is 3. The van der Waals surface area contributed by atoms with Crippen LogP contribution in [0.25, 0.3) is 0 Å². The fraction of sp³-hybridized carbons (Fsp3) is 0.375. The maximum absolute atomic E-state index is 14.0. The van der Waals surface area contributed by atoms with E-state index in [1.807, 2.05) is 26.0 Å². The number of hydrogen-bond donors (Lipinski definition) is 1. The largest absolute Gasteiger partial charge is 0.324 e. The van der Waals surface area contributed by atoms with Crippen molar-refractivity contribution in [2.75, 3.05) is 16.8 Å². The number of benzene rings is 2. The molecule has 2 aromatic carbocycles. The van der Waals surface area contributed by atoms with Gasteiger partial charge in [0.2, 0.25) is 17.7 Å². The highest BCUT2D eigenvalue weighted by Gasteiger charge is 2.74. The fourth-order valence-electron chi connectivity index (χ4n) is 6.69. The highest BCUT2D eigenvalue weighted by Crippen LogP contribution is 2.61. The van der Waals surface area contributed by atoms with Crippen molar-refractivity contribution < 1.29 is 19.3 Å². The SMILES string of the molecule is Cc1cc(C)c2c(c1)[C@]1(C(=O)N2)[C@@H]2C(=O)N(c3ccc(Cl)c([N+](=O)[O-])c3)C(=O)[C@H]2[C@H]2CCCN21. The highest BCUT2D eigenvalue weighted by molar-refractivity contribution is 6.33. The third-order valence-corrected chi connectivity index (χ3v) is 8.15. The van der Waals surface area contributed by atoms with Crippen molar-refractivity contribution in [3.05, 3.63) is 62.2 Å². The van der Waals surface area contributed by atoms with Gasteiger partial charge in [0.25, 0.3) is 5.69 Å². The van der Waals surface area contributed by atoms with E-state index in [0.29, 0.717) is 18.7 Å². The summed E-state index contributed by atoms with van der Waals surface area (Å²) in [4.78, 5) is 55.3. The van der Waals surface area contributed by atoms with Crippen molar-refractivity contribution in [1.82, 2.24) is 4.90 Å². The molecule has 3 saturated heterocycles. The minimum atomic E-state index is -1.28. The monoisotopic (exact) mass is 480 g/mol. The quantitative estimate of drug-likeness (QED) is 0.401. The first-order valence-corrected chi connectivity index (χ1v) is 11.6. The van der Waals surface area contributed by atoms with Crippen molar-refractivity contribution >= 4 is 46.4 Å². The second kappa shape index (κ2) is 6.86. The Morgan fingerprint density at radius 3 is 2.65 bits per heavy atom. The summed E-state index contributed by atoms with van der Waals surface area (Å²) >= 11 is 5.95. The Kier molecular flexibility index (Phi) is 4.29. The van der Waals surface area contributed by atoms with Gasteiger partial charge in [-0.2, -0.15) is 0 Å². The Morgan fingerprint density at radius 1 is 1.15 bits per heavy atom. The van der Waals surface area contributed by atoms with Crippen LogP contribution < -0.4 is 10.2 Å². The number of carbonyl (C=O) groups excluding carboxylic acids is 3. The van der Waals surface area contributed by atoms with E-state index in [-0.39, 0.29) is 28.3 Å². The molecule has 6 rings (SSSR count). The lowest BCUT2D eigenvalue weighted by atomic mass is 9.75. The molecule has 0 aromatic heterocycles. The summed E-state index contributed by atoms with van der Waals surface area (Å²) in [6, 6.07) is 7.55. The molecule has 1 N–H and O–H groups in total. The van der Waals surface area contributed by atoms with Crippen LogP contribution in [-0.4, -0.2) is 40.1 Å². The molecule has 0 aliphatic carbocycles. The molecule has 4 aliphatic heterocycles. The average molecular weight is 481 g/mol. The van der Waals surface area contributed by atoms with Gasteiger partial charge in [0, 0.05) is 23.4 Å². The Bertz CT molecular complexity index is 1340. The second-order valence-corrected chi connectivity index (χ2v) is 9.94. The first-order chi connectivity index (χ1) is 16.2. The predicted octanol–water partition coefficient (Wildman–Crippen LogP) is 3.30. The summed E-state index contributed by atoms with van der Waals surface area (Å²) in [7, 11) is 0. The van der Waals surface area contributed by atoms with Crippen molar-refractivity contribution in [3.8, 4) is 0 Å². The molecule has 10 heteroatoms. The van der Waals surface area contributed by atoms with Gasteiger partial charge in [-0.3, -0.25) is 29.4 Å². The van der Waals surface area contributed by atoms with Crippen molar-refractivity contribution in [2.45, 2.75) is 38.3 Å². The molecule has 0 saturated carbocycles. The third-order valence-electron chi connectivity index (χ3n) is 7.83. The zero-order valence-electron chi connectivity index (χ0n) is 18.5. The molecular weight excluding hydrogens is 460 g/mol. The van der Waals surface area contributed by atoms with E-state index in [0.717, 1.165) is 34.1 Å². The van der Waals surface area contributed by atoms with Crippen LogP contribution in [0.2, 0.25) is 5.02 Å². The number of rotatable bonds is 2. The summed E-state index contributed by atoms with van der Waals surface area (Å²) in [5.74, 6) is -2.85. The molecule has 0 unspecified atom stereocenters. The second-order valence-electron chi connectivity index (χ2n) is 9.54. The van der Waals surface area contributed by atoms with Crippen LogP contribution >= 0.6 is 11.6 Å². The molecule has 2 aromatic rings. The van der Waals surface area contributed by atoms with Gasteiger partial charge in [0.1, 0.15) is 10.6 Å². The van der Waals surface area contributed by atoms with Crippen LogP contribution in [0.3, 0.4) is 0 Å². The van der Waals surface area contributed by atoms with Crippen LogP contribution in [0.1, 0.15) is 29.5 Å². The van der Waals surface area contributed by atoms with Gasteiger partial charge in [-0.1, -0.05) is 29.3 Å². The summed E-state index contributed by atoms with van der Waals surface area (Å²) in [5.41, 5.74) is 1.73. The summed E-state index contributed by atoms with van der Waals surface area (Å²) in [6.07, 6.45) is 1.51. The topological polar surface area (TPSA) is 113 Å². The fourth-order valence-corrected chi connectivity index (χ4v) is 6.88. The van der Waals surface area contributed by atoms with E-state index in [1.54, 1.807) is 0 Å². The summed E-state index contributed by atoms with van der Waals surface area (Å²) in [5, 5.41) is 14.3. The maximum atomic E-state index is 14.0. The molecule has 9 nitrogen and oxygen atoms in total. The lowest BCUT2D eigenvalue weighted by Gasteiger charge is -2.36. The van der Waals surface area contributed by atoms with E-state index >= 15 is 0 Å². The Balaban J connectivity index is 1.55. The van der Waals surface area contributed by atoms with Crippen LogP contribution in [0.5, 0.6) is 0 Å². The van der Waals surface area contributed by atoms with E-state index in [2.05, 4.69) is 10.2 Å². The minimum Gasteiger partial charge on any atom is -0.324 e. The number of hydrogen-bond acceptors (Lipinski definition) is 6. The van der Waals surface area contributed by atoms with Gasteiger partial charge < -0.3 is 5.32 Å². The van der Waals surface area contributed by atoms with Crippen LogP contribution in [0.15, 0.2) is 30.3 Å². The standard InChI is InChI=1S/C24H21ClN4O5/c1-11-8-12(2)20-14(9-11)24(23(32)26-20)19-18(16-4-3-7-27(16)24)21(30)28(22(19)31)13-5-6-15(25)17(10-13)29(33)34/h5-6,8-10,16,18-19H,3-4,7H2,1-2H3,(H,26,32)/t16-,18+,19+,24-/m1/s1. The molecule has 0 bridgehead atoms. The first-order valence-electron chi connectivity index (χ1n) is 11.2. The minimum absolute atomic E-state index is 0.0819. The number of imide groups is 1. The number of amides is 3. The smallest absolute Gasteiger partial charge is 0.289 e. The Morgan fingerprint density at radius 2 is 1.91 bits per heavy atom. The average Bonchev–Trinajstić information content (AvgIpc) is 3.48. The number of nitro benzene ring substituents is 1. The van der Waals surface area contributed by atoms with E-state index in [1.165, 1.54) is 12.1 Å². The zero-order valence-corrected chi connectivity index (χ0v) is 19.3. The molecular formula is C24H21ClN4O5. The predicted molar refractivity (Wildman–Crippen MR) is 124 cm³/mol. The number of nitro groups is 1. The Hall–Kier alpha value is -3.30. The van der Waals surface area contributed by atoms with Gasteiger partial charge in [0.15, 0.2) is 0 Å². The normalized spacial score (nSPS) is 29.6. The first kappa shape index (κ1) is 21.2. The number of carbonyl (C=O) groups is 3. The maximum Gasteiger partial charge on any atom is 0.289 e.